The maximum absolute atomic E-state index is 2.46. The Morgan fingerprint density at radius 2 is 0.975 bits per heavy atom. The topological polar surface area (TPSA) is 8.17 Å². The maximum Gasteiger partial charge on any atom is 0.0541 e. The Hall–Kier alpha value is -5.08. The molecule has 0 bridgehead atoms. The highest BCUT2D eigenvalue weighted by atomic mass is 15.2. The molecule has 0 fully saturated rings. The van der Waals surface area contributed by atoms with Crippen LogP contribution in [-0.4, -0.2) is 11.1 Å². The summed E-state index contributed by atoms with van der Waals surface area (Å²) in [6.07, 6.45) is 0. The van der Waals surface area contributed by atoms with E-state index >= 15 is 0 Å². The number of benzene rings is 6. The molecule has 2 nitrogen and oxygen atoms in total. The first kappa shape index (κ1) is 22.9. The molecule has 7 aromatic rings. The maximum atomic E-state index is 2.46. The molecule has 0 saturated carbocycles. The molecule has 0 saturated heterocycles. The second kappa shape index (κ2) is 9.29. The highest BCUT2D eigenvalue weighted by molar-refractivity contribution is 6.09. The van der Waals surface area contributed by atoms with E-state index in [0.29, 0.717) is 5.92 Å². The van der Waals surface area contributed by atoms with Gasteiger partial charge in [-0.05, 0) is 64.7 Å². The number of anilines is 2. The van der Waals surface area contributed by atoms with Crippen molar-refractivity contribution in [2.45, 2.75) is 5.92 Å². The van der Waals surface area contributed by atoms with Crippen LogP contribution >= 0.6 is 0 Å². The largest absolute Gasteiger partial charge is 0.340 e. The van der Waals surface area contributed by atoms with Crippen LogP contribution in [0.15, 0.2) is 152 Å². The Balaban J connectivity index is 1.11. The fraction of sp³-hybridized carbons (Fsp3) is 0.0526. The van der Waals surface area contributed by atoms with Gasteiger partial charge in [0.25, 0.3) is 0 Å². The first-order chi connectivity index (χ1) is 19.8. The van der Waals surface area contributed by atoms with E-state index in [-0.39, 0.29) is 0 Å². The zero-order chi connectivity index (χ0) is 26.5. The van der Waals surface area contributed by atoms with Gasteiger partial charge in [-0.25, -0.2) is 0 Å². The van der Waals surface area contributed by atoms with Crippen LogP contribution in [0.4, 0.5) is 11.4 Å². The molecular weight excluding hydrogens is 484 g/mol. The summed E-state index contributed by atoms with van der Waals surface area (Å²) in [7, 11) is 0. The lowest BCUT2D eigenvalue weighted by molar-refractivity contribution is 0.858. The summed E-state index contributed by atoms with van der Waals surface area (Å²) < 4.78 is 2.37. The van der Waals surface area contributed by atoms with Crippen LogP contribution in [0.3, 0.4) is 0 Å². The van der Waals surface area contributed by atoms with Gasteiger partial charge in [-0.1, -0.05) is 109 Å². The SMILES string of the molecule is c1ccc(C2CN(c3ccc(-c4ccc(-n5c6ccccc6c6ccccc65)cc4)cc3)c3ccccc32)cc1. The van der Waals surface area contributed by atoms with Crippen molar-refractivity contribution in [3.63, 3.8) is 0 Å². The minimum atomic E-state index is 0.380. The first-order valence-corrected chi connectivity index (χ1v) is 14.0. The molecule has 1 aromatic heterocycles. The van der Waals surface area contributed by atoms with Crippen molar-refractivity contribution in [1.29, 1.82) is 0 Å². The predicted octanol–water partition coefficient (Wildman–Crippen LogP) is 9.73. The van der Waals surface area contributed by atoms with E-state index in [2.05, 4.69) is 161 Å². The van der Waals surface area contributed by atoms with E-state index in [1.165, 1.54) is 61.1 Å². The van der Waals surface area contributed by atoms with E-state index in [9.17, 15) is 0 Å². The van der Waals surface area contributed by atoms with Gasteiger partial charge in [-0.2, -0.15) is 0 Å². The fourth-order valence-corrected chi connectivity index (χ4v) is 6.46. The summed E-state index contributed by atoms with van der Waals surface area (Å²) in [5.41, 5.74) is 11.4. The molecule has 0 amide bonds. The molecule has 1 unspecified atom stereocenters. The second-order valence-corrected chi connectivity index (χ2v) is 10.6. The van der Waals surface area contributed by atoms with Crippen molar-refractivity contribution in [2.24, 2.45) is 0 Å². The van der Waals surface area contributed by atoms with Crippen LogP contribution in [0, 0.1) is 0 Å². The van der Waals surface area contributed by atoms with Crippen molar-refractivity contribution in [1.82, 2.24) is 4.57 Å². The summed E-state index contributed by atoms with van der Waals surface area (Å²) in [6.45, 7) is 0.955. The molecule has 6 aromatic carbocycles. The predicted molar refractivity (Wildman–Crippen MR) is 168 cm³/mol. The van der Waals surface area contributed by atoms with E-state index in [1.807, 2.05) is 0 Å². The molecular formula is C38H28N2. The van der Waals surface area contributed by atoms with Crippen molar-refractivity contribution >= 4 is 33.2 Å². The molecule has 2 heteroatoms. The lowest BCUT2D eigenvalue weighted by Gasteiger charge is -2.21. The van der Waals surface area contributed by atoms with Crippen molar-refractivity contribution in [3.05, 3.63) is 163 Å². The summed E-state index contributed by atoms with van der Waals surface area (Å²) in [5.74, 6) is 0.380. The van der Waals surface area contributed by atoms with Gasteiger partial charge in [0.1, 0.15) is 0 Å². The molecule has 0 radical (unpaired) electrons. The standard InChI is InChI=1S/C38H28N2/c1-2-10-29(11-3-1)35-26-39(36-15-7-4-14-34(35)36)30-22-18-27(19-23-30)28-20-24-31(25-21-28)40-37-16-8-5-12-32(37)33-13-6-9-17-38(33)40/h1-25,35H,26H2. The average molecular weight is 513 g/mol. The third kappa shape index (κ3) is 3.65. The van der Waals surface area contributed by atoms with Crippen LogP contribution in [0.5, 0.6) is 0 Å². The second-order valence-electron chi connectivity index (χ2n) is 10.6. The third-order valence-electron chi connectivity index (χ3n) is 8.39. The van der Waals surface area contributed by atoms with Crippen molar-refractivity contribution < 1.29 is 0 Å². The summed E-state index contributed by atoms with van der Waals surface area (Å²) >= 11 is 0. The minimum absolute atomic E-state index is 0.380. The quantitative estimate of drug-likeness (QED) is 0.228. The number of rotatable bonds is 4. The Morgan fingerprint density at radius 3 is 1.62 bits per heavy atom. The van der Waals surface area contributed by atoms with Gasteiger partial charge in [-0.3, -0.25) is 0 Å². The molecule has 1 aliphatic heterocycles. The van der Waals surface area contributed by atoms with Gasteiger partial charge in [0.15, 0.2) is 0 Å². The lowest BCUT2D eigenvalue weighted by Crippen LogP contribution is -2.16. The zero-order valence-electron chi connectivity index (χ0n) is 22.1. The highest BCUT2D eigenvalue weighted by Gasteiger charge is 2.30. The van der Waals surface area contributed by atoms with Gasteiger partial charge in [0, 0.05) is 40.3 Å². The Bertz CT molecular complexity index is 1910. The zero-order valence-corrected chi connectivity index (χ0v) is 22.1. The molecule has 40 heavy (non-hydrogen) atoms. The number of para-hydroxylation sites is 3. The summed E-state index contributed by atoms with van der Waals surface area (Å²) in [5, 5.41) is 2.58. The van der Waals surface area contributed by atoms with Crippen LogP contribution in [-0.2, 0) is 0 Å². The van der Waals surface area contributed by atoms with E-state index in [4.69, 9.17) is 0 Å². The third-order valence-corrected chi connectivity index (χ3v) is 8.39. The molecule has 190 valence electrons. The molecule has 0 N–H and O–H groups in total. The van der Waals surface area contributed by atoms with E-state index in [0.717, 1.165) is 6.54 Å². The van der Waals surface area contributed by atoms with E-state index < -0.39 is 0 Å². The smallest absolute Gasteiger partial charge is 0.0541 e. The van der Waals surface area contributed by atoms with Crippen molar-refractivity contribution in [2.75, 3.05) is 11.4 Å². The van der Waals surface area contributed by atoms with E-state index in [1.54, 1.807) is 0 Å². The van der Waals surface area contributed by atoms with Crippen LogP contribution in [0.25, 0.3) is 38.6 Å². The van der Waals surface area contributed by atoms with Gasteiger partial charge in [-0.15, -0.1) is 0 Å². The number of fused-ring (bicyclic) bond motifs is 4. The summed E-state index contributed by atoms with van der Waals surface area (Å²) in [4.78, 5) is 2.46. The molecule has 0 aliphatic carbocycles. The molecule has 1 atom stereocenters. The average Bonchev–Trinajstić information content (AvgIpc) is 3.58. The van der Waals surface area contributed by atoms with Crippen molar-refractivity contribution in [3.8, 4) is 16.8 Å². The molecule has 0 spiro atoms. The lowest BCUT2D eigenvalue weighted by atomic mass is 9.93. The van der Waals surface area contributed by atoms with Crippen LogP contribution < -0.4 is 4.90 Å². The first-order valence-electron chi connectivity index (χ1n) is 14.0. The summed E-state index contributed by atoms with van der Waals surface area (Å²) in [6, 6.07) is 55.0. The van der Waals surface area contributed by atoms with Gasteiger partial charge < -0.3 is 9.47 Å². The van der Waals surface area contributed by atoms with Gasteiger partial charge >= 0.3 is 0 Å². The normalized spacial score (nSPS) is 14.6. The molecule has 1 aliphatic rings. The number of aromatic nitrogens is 1. The Labute approximate surface area is 234 Å². The highest BCUT2D eigenvalue weighted by Crippen LogP contribution is 2.44. The minimum Gasteiger partial charge on any atom is -0.340 e. The monoisotopic (exact) mass is 512 g/mol. The van der Waals surface area contributed by atoms with Gasteiger partial charge in [0.2, 0.25) is 0 Å². The molecule has 2 heterocycles. The van der Waals surface area contributed by atoms with Crippen LogP contribution in [0.2, 0.25) is 0 Å². The molecule has 8 rings (SSSR count). The van der Waals surface area contributed by atoms with Gasteiger partial charge in [0.05, 0.1) is 11.0 Å². The fourth-order valence-electron chi connectivity index (χ4n) is 6.46. The number of hydrogen-bond donors (Lipinski definition) is 0. The number of hydrogen-bond acceptors (Lipinski definition) is 1. The van der Waals surface area contributed by atoms with Crippen LogP contribution in [0.1, 0.15) is 17.0 Å². The Morgan fingerprint density at radius 1 is 0.450 bits per heavy atom. The number of nitrogens with zero attached hydrogens (tertiary/aromatic N) is 2. The Kier molecular flexibility index (Phi) is 5.31.